The molecule has 0 aromatic carbocycles. The number of nitro groups is 1. The Labute approximate surface area is 115 Å². The molecule has 0 spiro atoms. The first-order valence-corrected chi connectivity index (χ1v) is 6.26. The third-order valence-corrected chi connectivity index (χ3v) is 2.98. The predicted molar refractivity (Wildman–Crippen MR) is 70.6 cm³/mol. The summed E-state index contributed by atoms with van der Waals surface area (Å²) in [6.45, 7) is 3.60. The number of nitrogens with one attached hydrogen (secondary N) is 1. The molecule has 0 saturated heterocycles. The molecule has 0 atom stereocenters. The van der Waals surface area contributed by atoms with Crippen LogP contribution in [0.25, 0.3) is 0 Å². The Morgan fingerprint density at radius 3 is 2.50 bits per heavy atom. The van der Waals surface area contributed by atoms with Crippen LogP contribution in [0.2, 0.25) is 0 Å². The second-order valence-corrected chi connectivity index (χ2v) is 4.35. The summed E-state index contributed by atoms with van der Waals surface area (Å²) in [6.07, 6.45) is 2.58. The largest absolute Gasteiger partial charge is 0.477 e. The van der Waals surface area contributed by atoms with Crippen LogP contribution >= 0.6 is 0 Å². The highest BCUT2D eigenvalue weighted by Crippen LogP contribution is 2.16. The Balaban J connectivity index is 2.88. The zero-order valence-electron chi connectivity index (χ0n) is 11.3. The van der Waals surface area contributed by atoms with E-state index in [9.17, 15) is 19.7 Å². The molecule has 0 aliphatic heterocycles. The van der Waals surface area contributed by atoms with E-state index in [1.54, 1.807) is 0 Å². The fourth-order valence-corrected chi connectivity index (χ4v) is 1.83. The smallest absolute Gasteiger partial charge is 0.352 e. The number of rotatable bonds is 7. The molecule has 20 heavy (non-hydrogen) atoms. The lowest BCUT2D eigenvalue weighted by Gasteiger charge is -2.15. The van der Waals surface area contributed by atoms with Gasteiger partial charge in [-0.05, 0) is 12.8 Å². The summed E-state index contributed by atoms with van der Waals surface area (Å²) in [5.74, 6) is -1.68. The number of hydrogen-bond donors (Lipinski definition) is 2. The zero-order valence-corrected chi connectivity index (χ0v) is 11.3. The Morgan fingerprint density at radius 1 is 1.45 bits per heavy atom. The van der Waals surface area contributed by atoms with E-state index < -0.39 is 10.9 Å². The Hall–Kier alpha value is -2.38. The van der Waals surface area contributed by atoms with E-state index in [-0.39, 0.29) is 29.9 Å². The highest BCUT2D eigenvalue weighted by molar-refractivity contribution is 5.88. The SMILES string of the molecule is CCC(CC)NC(=O)Cn1cc([N+](=O)[O-])cc1C(=O)O. The van der Waals surface area contributed by atoms with Crippen LogP contribution < -0.4 is 5.32 Å². The molecule has 2 N–H and O–H groups in total. The first-order valence-electron chi connectivity index (χ1n) is 6.26. The molecule has 0 bridgehead atoms. The van der Waals surface area contributed by atoms with E-state index in [0.29, 0.717) is 0 Å². The van der Waals surface area contributed by atoms with Crippen LogP contribution in [0.1, 0.15) is 37.2 Å². The molecule has 0 saturated carbocycles. The molecule has 8 nitrogen and oxygen atoms in total. The van der Waals surface area contributed by atoms with Crippen molar-refractivity contribution in [2.45, 2.75) is 39.3 Å². The van der Waals surface area contributed by atoms with Gasteiger partial charge in [0.2, 0.25) is 5.91 Å². The van der Waals surface area contributed by atoms with Crippen molar-refractivity contribution >= 4 is 17.6 Å². The molecule has 0 aliphatic carbocycles. The molecule has 0 aliphatic rings. The molecular weight excluding hydrogens is 266 g/mol. The summed E-state index contributed by atoms with van der Waals surface area (Å²) in [7, 11) is 0. The molecule has 1 heterocycles. The fourth-order valence-electron chi connectivity index (χ4n) is 1.83. The van der Waals surface area contributed by atoms with E-state index in [2.05, 4.69) is 5.32 Å². The number of carboxylic acids is 1. The third-order valence-electron chi connectivity index (χ3n) is 2.98. The van der Waals surface area contributed by atoms with Crippen molar-refractivity contribution < 1.29 is 19.6 Å². The Bertz CT molecular complexity index is 519. The number of amides is 1. The lowest BCUT2D eigenvalue weighted by molar-refractivity contribution is -0.384. The van der Waals surface area contributed by atoms with E-state index in [1.165, 1.54) is 0 Å². The average molecular weight is 283 g/mol. The third kappa shape index (κ3) is 3.81. The number of carboxylic acid groups (broad SMARTS) is 1. The van der Waals surface area contributed by atoms with Crippen LogP contribution in [0.4, 0.5) is 5.69 Å². The second-order valence-electron chi connectivity index (χ2n) is 4.35. The van der Waals surface area contributed by atoms with Gasteiger partial charge in [-0.2, -0.15) is 0 Å². The maximum atomic E-state index is 11.8. The summed E-state index contributed by atoms with van der Waals surface area (Å²) in [6, 6.07) is 0.952. The zero-order chi connectivity index (χ0) is 15.3. The maximum Gasteiger partial charge on any atom is 0.352 e. The van der Waals surface area contributed by atoms with Crippen molar-refractivity contribution in [1.29, 1.82) is 0 Å². The fraction of sp³-hybridized carbons (Fsp3) is 0.500. The number of hydrogen-bond acceptors (Lipinski definition) is 4. The predicted octanol–water partition coefficient (Wildman–Crippen LogP) is 1.40. The topological polar surface area (TPSA) is 114 Å². The van der Waals surface area contributed by atoms with Gasteiger partial charge in [0.15, 0.2) is 0 Å². The van der Waals surface area contributed by atoms with Crippen molar-refractivity contribution in [2.75, 3.05) is 0 Å². The monoisotopic (exact) mass is 283 g/mol. The van der Waals surface area contributed by atoms with Crippen molar-refractivity contribution in [3.63, 3.8) is 0 Å². The number of aromatic carboxylic acids is 1. The molecule has 1 aromatic heterocycles. The number of carbonyl (C=O) groups is 2. The van der Waals surface area contributed by atoms with Crippen LogP contribution in [0.5, 0.6) is 0 Å². The lowest BCUT2D eigenvalue weighted by Crippen LogP contribution is -2.36. The van der Waals surface area contributed by atoms with Gasteiger partial charge < -0.3 is 15.0 Å². The van der Waals surface area contributed by atoms with Crippen LogP contribution in [0.15, 0.2) is 12.3 Å². The minimum atomic E-state index is -1.31. The summed E-state index contributed by atoms with van der Waals surface area (Å²) >= 11 is 0. The standard InChI is InChI=1S/C12H17N3O5/c1-3-8(4-2)13-11(16)7-14-6-9(15(19)20)5-10(14)12(17)18/h5-6,8H,3-4,7H2,1-2H3,(H,13,16)(H,17,18). The maximum absolute atomic E-state index is 11.8. The van der Waals surface area contributed by atoms with Crippen LogP contribution in [-0.4, -0.2) is 32.5 Å². The molecule has 1 amide bonds. The van der Waals surface area contributed by atoms with Crippen LogP contribution in [-0.2, 0) is 11.3 Å². The quantitative estimate of drug-likeness (QED) is 0.579. The molecule has 0 radical (unpaired) electrons. The second kappa shape index (κ2) is 6.69. The van der Waals surface area contributed by atoms with Gasteiger partial charge in [0.1, 0.15) is 12.2 Å². The van der Waals surface area contributed by atoms with Gasteiger partial charge in [-0.15, -0.1) is 0 Å². The minimum absolute atomic E-state index is 0.0151. The van der Waals surface area contributed by atoms with Crippen molar-refractivity contribution in [3.05, 3.63) is 28.1 Å². The Morgan fingerprint density at radius 2 is 2.05 bits per heavy atom. The van der Waals surface area contributed by atoms with E-state index >= 15 is 0 Å². The molecule has 0 fully saturated rings. The first-order chi connectivity index (χ1) is 9.38. The lowest BCUT2D eigenvalue weighted by atomic mass is 10.2. The molecular formula is C12H17N3O5. The van der Waals surface area contributed by atoms with Crippen molar-refractivity contribution in [2.24, 2.45) is 0 Å². The van der Waals surface area contributed by atoms with E-state index in [4.69, 9.17) is 5.11 Å². The minimum Gasteiger partial charge on any atom is -0.477 e. The van der Waals surface area contributed by atoms with Gasteiger partial charge >= 0.3 is 5.97 Å². The first kappa shape index (κ1) is 15.7. The van der Waals surface area contributed by atoms with Gasteiger partial charge in [-0.3, -0.25) is 14.9 Å². The average Bonchev–Trinajstić information content (AvgIpc) is 2.80. The molecule has 1 aromatic rings. The van der Waals surface area contributed by atoms with Gasteiger partial charge in [0.25, 0.3) is 5.69 Å². The van der Waals surface area contributed by atoms with Gasteiger partial charge in [-0.25, -0.2) is 4.79 Å². The summed E-state index contributed by atoms with van der Waals surface area (Å²) in [5.41, 5.74) is -0.630. The molecule has 0 unspecified atom stereocenters. The van der Waals surface area contributed by atoms with E-state index in [0.717, 1.165) is 29.7 Å². The van der Waals surface area contributed by atoms with Crippen LogP contribution in [0.3, 0.4) is 0 Å². The van der Waals surface area contributed by atoms with Gasteiger partial charge in [0, 0.05) is 12.1 Å². The molecule has 1 rings (SSSR count). The molecule has 110 valence electrons. The van der Waals surface area contributed by atoms with Crippen molar-refractivity contribution in [3.8, 4) is 0 Å². The molecule has 8 heteroatoms. The normalized spacial score (nSPS) is 10.6. The highest BCUT2D eigenvalue weighted by Gasteiger charge is 2.20. The highest BCUT2D eigenvalue weighted by atomic mass is 16.6. The van der Waals surface area contributed by atoms with Gasteiger partial charge in [0.05, 0.1) is 11.1 Å². The summed E-state index contributed by atoms with van der Waals surface area (Å²) < 4.78 is 1.07. The van der Waals surface area contributed by atoms with Gasteiger partial charge in [-0.1, -0.05) is 13.8 Å². The Kier molecular flexibility index (Phi) is 5.24. The van der Waals surface area contributed by atoms with E-state index in [1.807, 2.05) is 13.8 Å². The number of nitrogens with zero attached hydrogens (tertiary/aromatic N) is 2. The van der Waals surface area contributed by atoms with Crippen LogP contribution in [0, 0.1) is 10.1 Å². The number of carbonyl (C=O) groups excluding carboxylic acids is 1. The van der Waals surface area contributed by atoms with Crippen molar-refractivity contribution in [1.82, 2.24) is 9.88 Å². The number of aromatic nitrogens is 1. The summed E-state index contributed by atoms with van der Waals surface area (Å²) in [4.78, 5) is 32.7. The summed E-state index contributed by atoms with van der Waals surface area (Å²) in [5, 5.41) is 22.4.